The molecule has 0 aromatic heterocycles. The molecule has 0 saturated carbocycles. The molecule has 25 heavy (non-hydrogen) atoms. The fourth-order valence-corrected chi connectivity index (χ4v) is 2.85. The first-order chi connectivity index (χ1) is 11.8. The summed E-state index contributed by atoms with van der Waals surface area (Å²) < 4.78 is 33.2. The average molecular weight is 364 g/mol. The molecule has 2 rings (SSSR count). The summed E-state index contributed by atoms with van der Waals surface area (Å²) in [7, 11) is -0.902. The molecule has 0 spiro atoms. The van der Waals surface area contributed by atoms with E-state index in [0.717, 1.165) is 11.1 Å². The van der Waals surface area contributed by atoms with Crippen LogP contribution >= 0.6 is 0 Å². The highest BCUT2D eigenvalue weighted by Gasteiger charge is 2.17. The number of nitrogens with one attached hydrogen (secondary N) is 1. The highest BCUT2D eigenvalue weighted by Crippen LogP contribution is 2.22. The van der Waals surface area contributed by atoms with Crippen LogP contribution in [0.4, 0.5) is 0 Å². The largest absolute Gasteiger partial charge is 0.496 e. The first-order valence-electron chi connectivity index (χ1n) is 7.41. The standard InChI is InChI=1S/C17H20N2O5S/c1-23-11-13-5-3-4-12(8-13)10-19-17(20)15-9-14(25(18,21)22)6-7-16(15)24-2/h3-9H,10-11H2,1-2H3,(H,19,20)(H2,18,21,22). The highest BCUT2D eigenvalue weighted by molar-refractivity contribution is 7.89. The van der Waals surface area contributed by atoms with E-state index < -0.39 is 15.9 Å². The summed E-state index contributed by atoms with van der Waals surface area (Å²) in [4.78, 5) is 12.3. The quantitative estimate of drug-likeness (QED) is 0.772. The monoisotopic (exact) mass is 364 g/mol. The van der Waals surface area contributed by atoms with Crippen LogP contribution in [-0.4, -0.2) is 28.5 Å². The minimum atomic E-state index is -3.91. The Kier molecular flexibility index (Phi) is 6.13. The fraction of sp³-hybridized carbons (Fsp3) is 0.235. The summed E-state index contributed by atoms with van der Waals surface area (Å²) in [5.74, 6) is -0.197. The molecule has 2 aromatic carbocycles. The lowest BCUT2D eigenvalue weighted by molar-refractivity contribution is 0.0947. The lowest BCUT2D eigenvalue weighted by Gasteiger charge is -2.11. The Balaban J connectivity index is 2.19. The smallest absolute Gasteiger partial charge is 0.255 e. The first-order valence-corrected chi connectivity index (χ1v) is 8.95. The van der Waals surface area contributed by atoms with Crippen molar-refractivity contribution in [1.82, 2.24) is 5.32 Å². The summed E-state index contributed by atoms with van der Waals surface area (Å²) in [6.45, 7) is 0.755. The number of primary sulfonamides is 1. The summed E-state index contributed by atoms with van der Waals surface area (Å²) >= 11 is 0. The van der Waals surface area contributed by atoms with Gasteiger partial charge in [-0.2, -0.15) is 0 Å². The van der Waals surface area contributed by atoms with Crippen LogP contribution in [-0.2, 0) is 27.9 Å². The molecule has 0 saturated heterocycles. The molecule has 0 atom stereocenters. The van der Waals surface area contributed by atoms with Crippen molar-refractivity contribution in [2.24, 2.45) is 5.14 Å². The predicted molar refractivity (Wildman–Crippen MR) is 92.7 cm³/mol. The molecule has 0 aliphatic heterocycles. The van der Waals surface area contributed by atoms with E-state index in [1.54, 1.807) is 7.11 Å². The number of carbonyl (C=O) groups excluding carboxylic acids is 1. The molecule has 0 radical (unpaired) electrons. The van der Waals surface area contributed by atoms with Crippen LogP contribution in [0.25, 0.3) is 0 Å². The summed E-state index contributed by atoms with van der Waals surface area (Å²) in [6, 6.07) is 11.5. The van der Waals surface area contributed by atoms with Crippen molar-refractivity contribution in [3.63, 3.8) is 0 Å². The van der Waals surface area contributed by atoms with Crippen LogP contribution in [0.1, 0.15) is 21.5 Å². The topological polar surface area (TPSA) is 108 Å². The third kappa shape index (κ3) is 5.02. The Hall–Kier alpha value is -2.42. The Bertz CT molecular complexity index is 865. The molecule has 3 N–H and O–H groups in total. The summed E-state index contributed by atoms with van der Waals surface area (Å²) in [5, 5.41) is 7.86. The maximum atomic E-state index is 12.4. The van der Waals surface area contributed by atoms with E-state index in [1.807, 2.05) is 24.3 Å². The van der Waals surface area contributed by atoms with E-state index in [2.05, 4.69) is 5.32 Å². The van der Waals surface area contributed by atoms with E-state index in [0.29, 0.717) is 6.61 Å². The van der Waals surface area contributed by atoms with Crippen LogP contribution in [0.5, 0.6) is 5.75 Å². The maximum absolute atomic E-state index is 12.4. The number of hydrogen-bond donors (Lipinski definition) is 2. The van der Waals surface area contributed by atoms with Gasteiger partial charge in [-0.25, -0.2) is 13.6 Å². The van der Waals surface area contributed by atoms with Crippen molar-refractivity contribution < 1.29 is 22.7 Å². The molecule has 134 valence electrons. The number of carbonyl (C=O) groups is 1. The molecule has 0 heterocycles. The number of amides is 1. The molecule has 0 bridgehead atoms. The van der Waals surface area contributed by atoms with Gasteiger partial charge in [0, 0.05) is 13.7 Å². The molecular formula is C17H20N2O5S. The fourth-order valence-electron chi connectivity index (χ4n) is 2.32. The molecule has 0 aliphatic rings. The minimum Gasteiger partial charge on any atom is -0.496 e. The van der Waals surface area contributed by atoms with Gasteiger partial charge in [-0.1, -0.05) is 24.3 Å². The first kappa shape index (κ1) is 18.9. The number of sulfonamides is 1. The molecule has 2 aromatic rings. The number of nitrogens with two attached hydrogens (primary N) is 1. The van der Waals surface area contributed by atoms with Gasteiger partial charge >= 0.3 is 0 Å². The Labute approximate surface area is 146 Å². The van der Waals surface area contributed by atoms with Gasteiger partial charge in [0.05, 0.1) is 24.2 Å². The zero-order valence-electron chi connectivity index (χ0n) is 14.0. The highest BCUT2D eigenvalue weighted by atomic mass is 32.2. The van der Waals surface area contributed by atoms with E-state index >= 15 is 0 Å². The van der Waals surface area contributed by atoms with E-state index in [9.17, 15) is 13.2 Å². The number of hydrogen-bond acceptors (Lipinski definition) is 5. The van der Waals surface area contributed by atoms with Crippen LogP contribution in [0.15, 0.2) is 47.4 Å². The molecular weight excluding hydrogens is 344 g/mol. The number of methoxy groups -OCH3 is 2. The van der Waals surface area contributed by atoms with E-state index in [4.69, 9.17) is 14.6 Å². The zero-order chi connectivity index (χ0) is 18.4. The van der Waals surface area contributed by atoms with Crippen LogP contribution in [0, 0.1) is 0 Å². The summed E-state index contributed by atoms with van der Waals surface area (Å²) in [5.41, 5.74) is 1.98. The lowest BCUT2D eigenvalue weighted by Crippen LogP contribution is -2.24. The van der Waals surface area contributed by atoms with Gasteiger partial charge in [0.2, 0.25) is 10.0 Å². The second kappa shape index (κ2) is 8.11. The van der Waals surface area contributed by atoms with Crippen LogP contribution in [0.2, 0.25) is 0 Å². The number of ether oxygens (including phenoxy) is 2. The van der Waals surface area contributed by atoms with Gasteiger partial charge in [-0.15, -0.1) is 0 Å². The van der Waals surface area contributed by atoms with Crippen LogP contribution in [0.3, 0.4) is 0 Å². The average Bonchev–Trinajstić information content (AvgIpc) is 2.59. The molecule has 0 unspecified atom stereocenters. The van der Waals surface area contributed by atoms with Gasteiger partial charge in [-0.05, 0) is 29.3 Å². The van der Waals surface area contributed by atoms with Gasteiger partial charge < -0.3 is 14.8 Å². The summed E-state index contributed by atoms with van der Waals surface area (Å²) in [6.07, 6.45) is 0. The lowest BCUT2D eigenvalue weighted by atomic mass is 10.1. The molecule has 0 fully saturated rings. The van der Waals surface area contributed by atoms with Crippen molar-refractivity contribution in [2.75, 3.05) is 14.2 Å². The normalized spacial score (nSPS) is 11.2. The van der Waals surface area contributed by atoms with Crippen molar-refractivity contribution in [3.05, 3.63) is 59.2 Å². The SMILES string of the molecule is COCc1cccc(CNC(=O)c2cc(S(N)(=O)=O)ccc2OC)c1. The number of benzene rings is 2. The second-order valence-electron chi connectivity index (χ2n) is 5.34. The van der Waals surface area contributed by atoms with Gasteiger partial charge in [0.25, 0.3) is 5.91 Å². The molecule has 1 amide bonds. The number of rotatable bonds is 7. The van der Waals surface area contributed by atoms with Crippen molar-refractivity contribution in [3.8, 4) is 5.75 Å². The van der Waals surface area contributed by atoms with Gasteiger partial charge in [-0.3, -0.25) is 4.79 Å². The Morgan fingerprint density at radius 1 is 1.12 bits per heavy atom. The minimum absolute atomic E-state index is 0.0991. The molecule has 7 nitrogen and oxygen atoms in total. The molecule has 0 aliphatic carbocycles. The van der Waals surface area contributed by atoms with E-state index in [1.165, 1.54) is 25.3 Å². The third-order valence-corrected chi connectivity index (χ3v) is 4.41. The predicted octanol–water partition coefficient (Wildman–Crippen LogP) is 1.42. The Morgan fingerprint density at radius 3 is 2.48 bits per heavy atom. The van der Waals surface area contributed by atoms with Crippen molar-refractivity contribution in [2.45, 2.75) is 18.0 Å². The molecule has 8 heteroatoms. The second-order valence-corrected chi connectivity index (χ2v) is 6.90. The third-order valence-electron chi connectivity index (χ3n) is 3.50. The van der Waals surface area contributed by atoms with Gasteiger partial charge in [0.15, 0.2) is 0 Å². The maximum Gasteiger partial charge on any atom is 0.255 e. The Morgan fingerprint density at radius 2 is 1.84 bits per heavy atom. The zero-order valence-corrected chi connectivity index (χ0v) is 14.8. The van der Waals surface area contributed by atoms with Crippen LogP contribution < -0.4 is 15.2 Å². The van der Waals surface area contributed by atoms with E-state index in [-0.39, 0.29) is 22.8 Å². The van der Waals surface area contributed by atoms with Crippen molar-refractivity contribution >= 4 is 15.9 Å². The van der Waals surface area contributed by atoms with Gasteiger partial charge in [0.1, 0.15) is 5.75 Å². The van der Waals surface area contributed by atoms with Crippen molar-refractivity contribution in [1.29, 1.82) is 0 Å².